The van der Waals surface area contributed by atoms with E-state index in [9.17, 15) is 17.6 Å². The van der Waals surface area contributed by atoms with Gasteiger partial charge in [0.25, 0.3) is 0 Å². The predicted molar refractivity (Wildman–Crippen MR) is 81.0 cm³/mol. The number of carbonyl (C=O) groups is 1. The van der Waals surface area contributed by atoms with Crippen LogP contribution in [-0.4, -0.2) is 31.9 Å². The number of hydrogen-bond acceptors (Lipinski definition) is 3. The van der Waals surface area contributed by atoms with Gasteiger partial charge in [-0.25, -0.2) is 12.8 Å². The topological polar surface area (TPSA) is 54.5 Å². The number of rotatable bonds is 3. The normalized spacial score (nSPS) is 15.2. The van der Waals surface area contributed by atoms with Gasteiger partial charge in [0.2, 0.25) is 5.91 Å². The Morgan fingerprint density at radius 3 is 2.71 bits per heavy atom. The minimum atomic E-state index is -3.50. The van der Waals surface area contributed by atoms with Crippen molar-refractivity contribution in [3.8, 4) is 0 Å². The fraction of sp³-hybridized carbons (Fsp3) is 0.500. The van der Waals surface area contributed by atoms with Gasteiger partial charge in [0, 0.05) is 6.54 Å². The van der Waals surface area contributed by atoms with Gasteiger partial charge in [-0.15, -0.1) is 0 Å². The van der Waals surface area contributed by atoms with Crippen LogP contribution in [0.3, 0.4) is 0 Å². The van der Waals surface area contributed by atoms with Crippen molar-refractivity contribution in [3.63, 3.8) is 0 Å². The van der Waals surface area contributed by atoms with Gasteiger partial charge >= 0.3 is 0 Å². The molecule has 1 aliphatic rings. The van der Waals surface area contributed by atoms with E-state index in [1.807, 2.05) is 0 Å². The Labute approximate surface area is 128 Å². The number of amides is 1. The first-order chi connectivity index (χ1) is 9.74. The summed E-state index contributed by atoms with van der Waals surface area (Å²) < 4.78 is 37.4. The molecule has 0 N–H and O–H groups in total. The van der Waals surface area contributed by atoms with Crippen LogP contribution in [-0.2, 0) is 21.1 Å². The van der Waals surface area contributed by atoms with Gasteiger partial charge in [-0.2, -0.15) is 0 Å². The molecule has 0 aliphatic carbocycles. The summed E-state index contributed by atoms with van der Waals surface area (Å²) in [4.78, 5) is 13.6. The summed E-state index contributed by atoms with van der Waals surface area (Å²) in [5.41, 5.74) is 1.08. The van der Waals surface area contributed by atoms with Crippen LogP contribution in [0.15, 0.2) is 12.1 Å². The maximum Gasteiger partial charge on any atom is 0.242 e. The van der Waals surface area contributed by atoms with Crippen molar-refractivity contribution in [2.24, 2.45) is 0 Å². The molecule has 0 saturated carbocycles. The second kappa shape index (κ2) is 5.93. The molecule has 116 valence electrons. The SMILES string of the molecule is CC(C)S(=O)(=O)CC(=O)N1CCCc2ccc(F)c(Cl)c21. The molecule has 0 unspecified atom stereocenters. The number of benzene rings is 1. The van der Waals surface area contributed by atoms with Crippen molar-refractivity contribution >= 4 is 33.0 Å². The van der Waals surface area contributed by atoms with Crippen LogP contribution in [0.2, 0.25) is 5.02 Å². The van der Waals surface area contributed by atoms with Crippen LogP contribution in [0.1, 0.15) is 25.8 Å². The number of nitrogens with zero attached hydrogens (tertiary/aromatic N) is 1. The first-order valence-corrected chi connectivity index (χ1v) is 8.82. The second-order valence-electron chi connectivity index (χ2n) is 5.37. The monoisotopic (exact) mass is 333 g/mol. The maximum absolute atomic E-state index is 13.6. The largest absolute Gasteiger partial charge is 0.310 e. The van der Waals surface area contributed by atoms with Gasteiger partial charge in [-0.05, 0) is 38.3 Å². The lowest BCUT2D eigenvalue weighted by atomic mass is 10.0. The molecule has 1 aromatic rings. The summed E-state index contributed by atoms with van der Waals surface area (Å²) in [7, 11) is -3.50. The van der Waals surface area contributed by atoms with Crippen molar-refractivity contribution in [1.82, 2.24) is 0 Å². The Balaban J connectivity index is 2.36. The van der Waals surface area contributed by atoms with E-state index >= 15 is 0 Å². The molecule has 0 radical (unpaired) electrons. The summed E-state index contributed by atoms with van der Waals surface area (Å²) >= 11 is 5.97. The van der Waals surface area contributed by atoms with Gasteiger partial charge in [-0.1, -0.05) is 17.7 Å². The molecule has 1 aliphatic heterocycles. The number of fused-ring (bicyclic) bond motifs is 1. The fourth-order valence-corrected chi connectivity index (χ4v) is 3.40. The molecule has 0 aromatic heterocycles. The van der Waals surface area contributed by atoms with E-state index in [0.717, 1.165) is 5.56 Å². The van der Waals surface area contributed by atoms with E-state index < -0.39 is 32.6 Å². The first-order valence-electron chi connectivity index (χ1n) is 6.73. The highest BCUT2D eigenvalue weighted by Gasteiger charge is 2.30. The molecule has 0 atom stereocenters. The lowest BCUT2D eigenvalue weighted by molar-refractivity contribution is -0.116. The summed E-state index contributed by atoms with van der Waals surface area (Å²) in [6.45, 7) is 3.40. The van der Waals surface area contributed by atoms with Crippen LogP contribution >= 0.6 is 11.6 Å². The maximum atomic E-state index is 13.6. The quantitative estimate of drug-likeness (QED) is 0.854. The fourth-order valence-electron chi connectivity index (χ4n) is 2.28. The molecule has 1 heterocycles. The van der Waals surface area contributed by atoms with Crippen LogP contribution in [0.4, 0.5) is 10.1 Å². The molecule has 7 heteroatoms. The van der Waals surface area contributed by atoms with E-state index in [2.05, 4.69) is 0 Å². The molecular weight excluding hydrogens is 317 g/mol. The average molecular weight is 334 g/mol. The van der Waals surface area contributed by atoms with Crippen molar-refractivity contribution in [2.75, 3.05) is 17.2 Å². The van der Waals surface area contributed by atoms with E-state index in [0.29, 0.717) is 25.1 Å². The minimum Gasteiger partial charge on any atom is -0.310 e. The average Bonchev–Trinajstić information content (AvgIpc) is 2.41. The molecule has 0 bridgehead atoms. The zero-order valence-corrected chi connectivity index (χ0v) is 13.5. The van der Waals surface area contributed by atoms with Crippen molar-refractivity contribution in [1.29, 1.82) is 0 Å². The summed E-state index contributed by atoms with van der Waals surface area (Å²) in [6.07, 6.45) is 1.39. The molecule has 0 spiro atoms. The van der Waals surface area contributed by atoms with Gasteiger partial charge in [0.15, 0.2) is 9.84 Å². The highest BCUT2D eigenvalue weighted by Crippen LogP contribution is 2.36. The minimum absolute atomic E-state index is 0.123. The zero-order valence-electron chi connectivity index (χ0n) is 11.9. The number of carbonyl (C=O) groups excluding carboxylic acids is 1. The Morgan fingerprint density at radius 1 is 1.43 bits per heavy atom. The van der Waals surface area contributed by atoms with Gasteiger partial charge in [0.1, 0.15) is 16.6 Å². The Bertz CT molecular complexity index is 673. The Morgan fingerprint density at radius 2 is 2.10 bits per heavy atom. The number of hydrogen-bond donors (Lipinski definition) is 0. The summed E-state index contributed by atoms with van der Waals surface area (Å²) in [5, 5.41) is -0.754. The number of halogens is 2. The number of aryl methyl sites for hydroxylation is 1. The van der Waals surface area contributed by atoms with Crippen LogP contribution in [0.25, 0.3) is 0 Å². The molecule has 21 heavy (non-hydrogen) atoms. The third kappa shape index (κ3) is 3.21. The molecular formula is C14H17ClFNO3S. The lowest BCUT2D eigenvalue weighted by Gasteiger charge is -2.30. The van der Waals surface area contributed by atoms with Crippen molar-refractivity contribution in [2.45, 2.75) is 31.9 Å². The van der Waals surface area contributed by atoms with E-state index in [1.165, 1.54) is 24.8 Å². The Kier molecular flexibility index (Phi) is 4.58. The van der Waals surface area contributed by atoms with Gasteiger partial charge < -0.3 is 4.90 Å². The summed E-state index contributed by atoms with van der Waals surface area (Å²) in [6, 6.07) is 2.85. The third-order valence-electron chi connectivity index (χ3n) is 3.59. The Hall–Kier alpha value is -1.14. The van der Waals surface area contributed by atoms with Gasteiger partial charge in [0.05, 0.1) is 10.9 Å². The standard InChI is InChI=1S/C14H17ClFNO3S/c1-9(2)21(19,20)8-12(18)17-7-3-4-10-5-6-11(16)13(15)14(10)17/h5-6,9H,3-4,7-8H2,1-2H3. The second-order valence-corrected chi connectivity index (χ2v) is 8.31. The molecule has 0 fully saturated rings. The lowest BCUT2D eigenvalue weighted by Crippen LogP contribution is -2.40. The van der Waals surface area contributed by atoms with E-state index in [-0.39, 0.29) is 5.02 Å². The number of sulfone groups is 1. The zero-order chi connectivity index (χ0) is 15.8. The summed E-state index contributed by atoms with van der Waals surface area (Å²) in [5.74, 6) is -1.75. The molecule has 2 rings (SSSR count). The molecule has 4 nitrogen and oxygen atoms in total. The smallest absolute Gasteiger partial charge is 0.242 e. The molecule has 0 saturated heterocycles. The van der Waals surface area contributed by atoms with Crippen molar-refractivity contribution in [3.05, 3.63) is 28.5 Å². The molecule has 1 amide bonds. The van der Waals surface area contributed by atoms with Crippen LogP contribution in [0.5, 0.6) is 0 Å². The van der Waals surface area contributed by atoms with Crippen molar-refractivity contribution < 1.29 is 17.6 Å². The highest BCUT2D eigenvalue weighted by atomic mass is 35.5. The van der Waals surface area contributed by atoms with E-state index in [1.54, 1.807) is 6.07 Å². The van der Waals surface area contributed by atoms with Gasteiger partial charge in [-0.3, -0.25) is 4.79 Å². The molecule has 1 aromatic carbocycles. The third-order valence-corrected chi connectivity index (χ3v) is 6.04. The first kappa shape index (κ1) is 16.2. The predicted octanol–water partition coefficient (Wildman–Crippen LogP) is 2.58. The van der Waals surface area contributed by atoms with Crippen LogP contribution in [0, 0.1) is 5.82 Å². The number of anilines is 1. The van der Waals surface area contributed by atoms with E-state index in [4.69, 9.17) is 11.6 Å². The van der Waals surface area contributed by atoms with Crippen LogP contribution < -0.4 is 4.90 Å². The highest BCUT2D eigenvalue weighted by molar-refractivity contribution is 7.92.